The lowest BCUT2D eigenvalue weighted by atomic mass is 9.99. The predicted octanol–water partition coefficient (Wildman–Crippen LogP) is -0.493. The van der Waals surface area contributed by atoms with Gasteiger partial charge in [0.1, 0.15) is 18.3 Å². The van der Waals surface area contributed by atoms with Crippen molar-refractivity contribution in [1.29, 1.82) is 0 Å². The summed E-state index contributed by atoms with van der Waals surface area (Å²) < 4.78 is 10.1. The van der Waals surface area contributed by atoms with Crippen LogP contribution in [0.2, 0.25) is 0 Å². The van der Waals surface area contributed by atoms with E-state index < -0.39 is 37.3 Å². The third-order valence-corrected chi connectivity index (χ3v) is 2.90. The SMILES string of the molecule is CCCC/C=C/O[C@@H]1[C@@H](O)[C@H](O)O[C@H](CO)[C@H]1O. The Morgan fingerprint density at radius 3 is 2.56 bits per heavy atom. The molecular weight excluding hydrogens is 240 g/mol. The minimum absolute atomic E-state index is 0.454. The average molecular weight is 262 g/mol. The second-order valence-electron chi connectivity index (χ2n) is 4.34. The topological polar surface area (TPSA) is 99.4 Å². The highest BCUT2D eigenvalue weighted by molar-refractivity contribution is 4.91. The lowest BCUT2D eigenvalue weighted by Gasteiger charge is -2.39. The Bertz CT molecular complexity index is 257. The van der Waals surface area contributed by atoms with Crippen LogP contribution < -0.4 is 0 Å². The van der Waals surface area contributed by atoms with Crippen LogP contribution in [0.15, 0.2) is 12.3 Å². The Balaban J connectivity index is 2.51. The molecule has 1 rings (SSSR count). The highest BCUT2D eigenvalue weighted by Crippen LogP contribution is 2.22. The van der Waals surface area contributed by atoms with Crippen LogP contribution in [-0.4, -0.2) is 57.7 Å². The van der Waals surface area contributed by atoms with Gasteiger partial charge in [0, 0.05) is 0 Å². The predicted molar refractivity (Wildman–Crippen MR) is 63.5 cm³/mol. The highest BCUT2D eigenvalue weighted by Gasteiger charge is 2.44. The maximum atomic E-state index is 9.80. The first kappa shape index (κ1) is 15.4. The van der Waals surface area contributed by atoms with Gasteiger partial charge in [-0.25, -0.2) is 0 Å². The molecule has 1 aliphatic heterocycles. The minimum Gasteiger partial charge on any atom is -0.493 e. The normalized spacial score (nSPS) is 37.1. The molecule has 0 bridgehead atoms. The minimum atomic E-state index is -1.47. The molecule has 0 saturated carbocycles. The van der Waals surface area contributed by atoms with Crippen molar-refractivity contribution < 1.29 is 29.9 Å². The fourth-order valence-electron chi connectivity index (χ4n) is 1.76. The molecule has 18 heavy (non-hydrogen) atoms. The Labute approximate surface area is 106 Å². The molecule has 1 aliphatic rings. The van der Waals surface area contributed by atoms with Crippen molar-refractivity contribution in [2.24, 2.45) is 0 Å². The maximum Gasteiger partial charge on any atom is 0.185 e. The molecule has 1 fully saturated rings. The number of hydrogen-bond acceptors (Lipinski definition) is 6. The fraction of sp³-hybridized carbons (Fsp3) is 0.833. The second-order valence-corrected chi connectivity index (χ2v) is 4.34. The second kappa shape index (κ2) is 7.70. The number of rotatable bonds is 6. The molecule has 6 heteroatoms. The van der Waals surface area contributed by atoms with E-state index in [-0.39, 0.29) is 0 Å². The highest BCUT2D eigenvalue weighted by atomic mass is 16.6. The molecule has 4 N–H and O–H groups in total. The van der Waals surface area contributed by atoms with Crippen LogP contribution in [0.25, 0.3) is 0 Å². The van der Waals surface area contributed by atoms with Gasteiger partial charge in [0.05, 0.1) is 12.9 Å². The maximum absolute atomic E-state index is 9.80. The van der Waals surface area contributed by atoms with E-state index in [2.05, 4.69) is 6.92 Å². The van der Waals surface area contributed by atoms with Gasteiger partial charge in [-0.1, -0.05) is 13.3 Å². The van der Waals surface area contributed by atoms with E-state index >= 15 is 0 Å². The third kappa shape index (κ3) is 3.93. The zero-order chi connectivity index (χ0) is 13.5. The van der Waals surface area contributed by atoms with Crippen molar-refractivity contribution in [2.45, 2.75) is 56.9 Å². The van der Waals surface area contributed by atoms with Gasteiger partial charge in [-0.3, -0.25) is 0 Å². The van der Waals surface area contributed by atoms with Crippen LogP contribution in [-0.2, 0) is 9.47 Å². The molecule has 6 nitrogen and oxygen atoms in total. The van der Waals surface area contributed by atoms with E-state index in [1.807, 2.05) is 0 Å². The standard InChI is InChI=1S/C12H22O6/c1-2-3-4-5-6-17-11-9(14)8(7-13)18-12(16)10(11)15/h5-6,8-16H,2-4,7H2,1H3/b6-5+/t8-,9-,10-,11+,12-/m1/s1. The van der Waals surface area contributed by atoms with Gasteiger partial charge in [0.2, 0.25) is 0 Å². The molecule has 0 unspecified atom stereocenters. The van der Waals surface area contributed by atoms with Crippen LogP contribution in [0.5, 0.6) is 0 Å². The van der Waals surface area contributed by atoms with E-state index in [1.54, 1.807) is 6.08 Å². The molecule has 106 valence electrons. The summed E-state index contributed by atoms with van der Waals surface area (Å²) in [4.78, 5) is 0. The largest absolute Gasteiger partial charge is 0.493 e. The third-order valence-electron chi connectivity index (χ3n) is 2.90. The van der Waals surface area contributed by atoms with E-state index in [0.29, 0.717) is 0 Å². The van der Waals surface area contributed by atoms with Crippen LogP contribution in [0.3, 0.4) is 0 Å². The number of ether oxygens (including phenoxy) is 2. The zero-order valence-electron chi connectivity index (χ0n) is 10.5. The summed E-state index contributed by atoms with van der Waals surface area (Å²) in [7, 11) is 0. The van der Waals surface area contributed by atoms with Crippen molar-refractivity contribution >= 4 is 0 Å². The molecule has 0 aromatic heterocycles. The van der Waals surface area contributed by atoms with Crippen LogP contribution >= 0.6 is 0 Å². The lowest BCUT2D eigenvalue weighted by molar-refractivity contribution is -0.287. The number of allylic oxidation sites excluding steroid dienone is 1. The molecule has 0 radical (unpaired) electrons. The van der Waals surface area contributed by atoms with Crippen LogP contribution in [0.4, 0.5) is 0 Å². The molecule has 0 spiro atoms. The molecule has 0 aromatic carbocycles. The molecule has 0 amide bonds. The van der Waals surface area contributed by atoms with Gasteiger partial charge in [-0.15, -0.1) is 0 Å². The van der Waals surface area contributed by atoms with E-state index in [0.717, 1.165) is 19.3 Å². The summed E-state index contributed by atoms with van der Waals surface area (Å²) in [5.41, 5.74) is 0. The van der Waals surface area contributed by atoms with Gasteiger partial charge >= 0.3 is 0 Å². The average Bonchev–Trinajstić information content (AvgIpc) is 2.37. The zero-order valence-corrected chi connectivity index (χ0v) is 10.5. The van der Waals surface area contributed by atoms with Crippen molar-refractivity contribution in [3.8, 4) is 0 Å². The first-order valence-corrected chi connectivity index (χ1v) is 6.22. The Hall–Kier alpha value is -0.660. The van der Waals surface area contributed by atoms with Crippen molar-refractivity contribution in [3.63, 3.8) is 0 Å². The summed E-state index contributed by atoms with van der Waals surface area (Å²) >= 11 is 0. The summed E-state index contributed by atoms with van der Waals surface area (Å²) in [5, 5.41) is 37.8. The number of unbranched alkanes of at least 4 members (excludes halogenated alkanes) is 2. The molecule has 0 aliphatic carbocycles. The number of aliphatic hydroxyl groups excluding tert-OH is 4. The fourth-order valence-corrected chi connectivity index (χ4v) is 1.76. The van der Waals surface area contributed by atoms with E-state index in [4.69, 9.17) is 14.6 Å². The van der Waals surface area contributed by atoms with Crippen molar-refractivity contribution in [2.75, 3.05) is 6.61 Å². The molecule has 1 heterocycles. The molecule has 0 aromatic rings. The summed E-state index contributed by atoms with van der Waals surface area (Å²) in [6, 6.07) is 0. The lowest BCUT2D eigenvalue weighted by Crippen LogP contribution is -2.59. The van der Waals surface area contributed by atoms with Crippen molar-refractivity contribution in [3.05, 3.63) is 12.3 Å². The van der Waals surface area contributed by atoms with Gasteiger partial charge < -0.3 is 29.9 Å². The summed E-state index contributed by atoms with van der Waals surface area (Å²) in [6.07, 6.45) is 0.151. The first-order chi connectivity index (χ1) is 8.61. The number of aliphatic hydroxyl groups is 4. The monoisotopic (exact) mass is 262 g/mol. The Kier molecular flexibility index (Phi) is 6.59. The summed E-state index contributed by atoms with van der Waals surface area (Å²) in [6.45, 7) is 1.62. The Morgan fingerprint density at radius 1 is 1.22 bits per heavy atom. The quantitative estimate of drug-likeness (QED) is 0.381. The van der Waals surface area contributed by atoms with Crippen molar-refractivity contribution in [1.82, 2.24) is 0 Å². The van der Waals surface area contributed by atoms with E-state index in [9.17, 15) is 15.3 Å². The molecule has 5 atom stereocenters. The summed E-state index contributed by atoms with van der Waals surface area (Å²) in [5.74, 6) is 0. The Morgan fingerprint density at radius 2 is 1.94 bits per heavy atom. The van der Waals surface area contributed by atoms with Crippen LogP contribution in [0.1, 0.15) is 26.2 Å². The smallest absolute Gasteiger partial charge is 0.185 e. The molecular formula is C12H22O6. The van der Waals surface area contributed by atoms with Gasteiger partial charge in [-0.2, -0.15) is 0 Å². The van der Waals surface area contributed by atoms with E-state index in [1.165, 1.54) is 6.26 Å². The number of hydrogen-bond donors (Lipinski definition) is 4. The molecule has 1 saturated heterocycles. The van der Waals surface area contributed by atoms with Gasteiger partial charge in [0.15, 0.2) is 12.4 Å². The van der Waals surface area contributed by atoms with Gasteiger partial charge in [-0.05, 0) is 18.9 Å². The first-order valence-electron chi connectivity index (χ1n) is 6.22. The van der Waals surface area contributed by atoms with Crippen LogP contribution in [0, 0.1) is 0 Å². The van der Waals surface area contributed by atoms with Gasteiger partial charge in [0.25, 0.3) is 0 Å².